The molecule has 1 amide bonds. The highest BCUT2D eigenvalue weighted by Gasteiger charge is 2.29. The number of rotatable bonds is 7. The fraction of sp³-hybridized carbons (Fsp3) is 0.333. The molecule has 2 aromatic rings. The van der Waals surface area contributed by atoms with Gasteiger partial charge in [0.1, 0.15) is 6.61 Å². The first-order valence-electron chi connectivity index (χ1n) is 8.93. The van der Waals surface area contributed by atoms with Crippen LogP contribution in [0.3, 0.4) is 0 Å². The monoisotopic (exact) mass is 369 g/mol. The molecule has 0 saturated carbocycles. The summed E-state index contributed by atoms with van der Waals surface area (Å²) >= 11 is 0. The zero-order valence-corrected chi connectivity index (χ0v) is 15.2. The van der Waals surface area contributed by atoms with E-state index in [0.29, 0.717) is 0 Å². The minimum Gasteiger partial charge on any atom is -0.469 e. The van der Waals surface area contributed by atoms with E-state index in [9.17, 15) is 14.7 Å². The van der Waals surface area contributed by atoms with Gasteiger partial charge in [-0.05, 0) is 28.7 Å². The lowest BCUT2D eigenvalue weighted by Crippen LogP contribution is -2.38. The Bertz CT molecular complexity index is 774. The third kappa shape index (κ3) is 4.28. The molecule has 1 atom stereocenters. The number of aliphatic hydroxyl groups excluding tert-OH is 1. The van der Waals surface area contributed by atoms with Crippen LogP contribution in [0.2, 0.25) is 0 Å². The molecule has 1 aliphatic rings. The summed E-state index contributed by atoms with van der Waals surface area (Å²) in [5.74, 6) is -0.409. The number of carbonyl (C=O) groups excluding carboxylic acids is 2. The van der Waals surface area contributed by atoms with Gasteiger partial charge in [-0.15, -0.1) is 0 Å². The molecule has 3 rings (SSSR count). The van der Waals surface area contributed by atoms with Crippen LogP contribution in [-0.4, -0.2) is 43.5 Å². The summed E-state index contributed by atoms with van der Waals surface area (Å²) in [6.45, 7) is -0.0732. The molecule has 0 saturated heterocycles. The second-order valence-corrected chi connectivity index (χ2v) is 6.46. The van der Waals surface area contributed by atoms with E-state index in [4.69, 9.17) is 4.74 Å². The quantitative estimate of drug-likeness (QED) is 0.733. The van der Waals surface area contributed by atoms with Gasteiger partial charge in [0.15, 0.2) is 0 Å². The second-order valence-electron chi connectivity index (χ2n) is 6.46. The maximum atomic E-state index is 12.1. The summed E-state index contributed by atoms with van der Waals surface area (Å²) in [5, 5.41) is 12.0. The molecule has 1 aliphatic carbocycles. The summed E-state index contributed by atoms with van der Waals surface area (Å²) in [6, 6.07) is 15.6. The number of hydrogen-bond donors (Lipinski definition) is 2. The number of benzene rings is 2. The Morgan fingerprint density at radius 1 is 1.07 bits per heavy atom. The van der Waals surface area contributed by atoms with Gasteiger partial charge in [0.05, 0.1) is 19.8 Å². The van der Waals surface area contributed by atoms with E-state index >= 15 is 0 Å². The molecular formula is C21H23NO5. The third-order valence-corrected chi connectivity index (χ3v) is 4.81. The predicted molar refractivity (Wildman–Crippen MR) is 100 cm³/mol. The maximum Gasteiger partial charge on any atom is 0.407 e. The zero-order chi connectivity index (χ0) is 19.2. The molecule has 0 aliphatic heterocycles. The second kappa shape index (κ2) is 8.68. The van der Waals surface area contributed by atoms with Crippen LogP contribution in [-0.2, 0) is 14.3 Å². The Labute approximate surface area is 158 Å². The van der Waals surface area contributed by atoms with Gasteiger partial charge in [0.2, 0.25) is 0 Å². The number of nitrogens with one attached hydrogen (secondary N) is 1. The van der Waals surface area contributed by atoms with E-state index < -0.39 is 12.1 Å². The molecule has 0 fully saturated rings. The van der Waals surface area contributed by atoms with E-state index in [2.05, 4.69) is 22.2 Å². The lowest BCUT2D eigenvalue weighted by atomic mass is 9.98. The van der Waals surface area contributed by atoms with Gasteiger partial charge >= 0.3 is 12.1 Å². The van der Waals surface area contributed by atoms with Crippen LogP contribution in [0, 0.1) is 0 Å². The van der Waals surface area contributed by atoms with Gasteiger partial charge in [-0.3, -0.25) is 4.79 Å². The Kier molecular flexibility index (Phi) is 6.08. The summed E-state index contributed by atoms with van der Waals surface area (Å²) in [4.78, 5) is 23.4. The lowest BCUT2D eigenvalue weighted by Gasteiger charge is -2.18. The van der Waals surface area contributed by atoms with Gasteiger partial charge < -0.3 is 19.9 Å². The van der Waals surface area contributed by atoms with Crippen LogP contribution >= 0.6 is 0 Å². The molecule has 2 N–H and O–H groups in total. The topological polar surface area (TPSA) is 84.9 Å². The smallest absolute Gasteiger partial charge is 0.407 e. The molecule has 0 bridgehead atoms. The average molecular weight is 369 g/mol. The van der Waals surface area contributed by atoms with Gasteiger partial charge in [-0.25, -0.2) is 4.79 Å². The molecule has 1 unspecified atom stereocenters. The highest BCUT2D eigenvalue weighted by Crippen LogP contribution is 2.44. The predicted octanol–water partition coefficient (Wildman–Crippen LogP) is 2.84. The molecule has 0 heterocycles. The Morgan fingerprint density at radius 2 is 1.67 bits per heavy atom. The number of amides is 1. The molecule has 0 radical (unpaired) electrons. The van der Waals surface area contributed by atoms with Crippen LogP contribution in [0.25, 0.3) is 11.1 Å². The normalized spacial score (nSPS) is 13.4. The summed E-state index contributed by atoms with van der Waals surface area (Å²) in [7, 11) is 1.30. The number of alkyl carbamates (subject to hydrolysis) is 1. The van der Waals surface area contributed by atoms with Gasteiger partial charge in [-0.2, -0.15) is 0 Å². The molecule has 142 valence electrons. The van der Waals surface area contributed by atoms with Gasteiger partial charge in [0, 0.05) is 12.3 Å². The lowest BCUT2D eigenvalue weighted by molar-refractivity contribution is -0.140. The Morgan fingerprint density at radius 3 is 2.22 bits per heavy atom. The highest BCUT2D eigenvalue weighted by molar-refractivity contribution is 5.79. The number of fused-ring (bicyclic) bond motifs is 3. The van der Waals surface area contributed by atoms with E-state index in [0.717, 1.165) is 22.3 Å². The van der Waals surface area contributed by atoms with Crippen molar-refractivity contribution in [2.45, 2.75) is 24.8 Å². The first-order valence-corrected chi connectivity index (χ1v) is 8.93. The molecule has 2 aromatic carbocycles. The molecule has 0 spiro atoms. The Hall–Kier alpha value is -2.86. The van der Waals surface area contributed by atoms with Crippen molar-refractivity contribution < 1.29 is 24.2 Å². The van der Waals surface area contributed by atoms with Crippen molar-refractivity contribution in [1.29, 1.82) is 0 Å². The summed E-state index contributed by atoms with van der Waals surface area (Å²) in [6.07, 6.45) is -0.209. The van der Waals surface area contributed by atoms with E-state index in [-0.39, 0.29) is 37.9 Å². The van der Waals surface area contributed by atoms with Crippen molar-refractivity contribution in [1.82, 2.24) is 5.32 Å². The van der Waals surface area contributed by atoms with Crippen molar-refractivity contribution >= 4 is 12.1 Å². The highest BCUT2D eigenvalue weighted by atomic mass is 16.5. The summed E-state index contributed by atoms with van der Waals surface area (Å²) < 4.78 is 9.99. The van der Waals surface area contributed by atoms with Crippen molar-refractivity contribution in [2.75, 3.05) is 20.3 Å². The van der Waals surface area contributed by atoms with Crippen LogP contribution < -0.4 is 5.32 Å². The number of carbonyl (C=O) groups is 2. The van der Waals surface area contributed by atoms with Crippen LogP contribution in [0.4, 0.5) is 4.79 Å². The van der Waals surface area contributed by atoms with Crippen LogP contribution in [0.1, 0.15) is 29.9 Å². The average Bonchev–Trinajstić information content (AvgIpc) is 3.03. The molecular weight excluding hydrogens is 346 g/mol. The third-order valence-electron chi connectivity index (χ3n) is 4.81. The van der Waals surface area contributed by atoms with Gasteiger partial charge in [0.25, 0.3) is 0 Å². The van der Waals surface area contributed by atoms with Crippen LogP contribution in [0.5, 0.6) is 0 Å². The van der Waals surface area contributed by atoms with Crippen LogP contribution in [0.15, 0.2) is 48.5 Å². The fourth-order valence-corrected chi connectivity index (χ4v) is 3.41. The Balaban J connectivity index is 1.61. The SMILES string of the molecule is COC(=O)CCC(CO)NC(=O)OCC1c2ccccc2-c2ccccc21. The minimum atomic E-state index is -0.610. The van der Waals surface area contributed by atoms with E-state index in [1.807, 2.05) is 36.4 Å². The molecule has 27 heavy (non-hydrogen) atoms. The first-order chi connectivity index (χ1) is 13.1. The van der Waals surface area contributed by atoms with Crippen molar-refractivity contribution in [3.05, 3.63) is 59.7 Å². The number of ether oxygens (including phenoxy) is 2. The zero-order valence-electron chi connectivity index (χ0n) is 15.2. The molecule has 0 aromatic heterocycles. The molecule has 6 heteroatoms. The summed E-state index contributed by atoms with van der Waals surface area (Å²) in [5.41, 5.74) is 4.59. The number of hydrogen-bond acceptors (Lipinski definition) is 5. The van der Waals surface area contributed by atoms with Crippen molar-refractivity contribution in [3.8, 4) is 11.1 Å². The maximum absolute atomic E-state index is 12.1. The minimum absolute atomic E-state index is 0.0224. The molecule has 6 nitrogen and oxygen atoms in total. The van der Waals surface area contributed by atoms with Crippen molar-refractivity contribution in [2.24, 2.45) is 0 Å². The largest absolute Gasteiger partial charge is 0.469 e. The first kappa shape index (κ1) is 18.9. The van der Waals surface area contributed by atoms with E-state index in [1.54, 1.807) is 0 Å². The standard InChI is InChI=1S/C21H23NO5/c1-26-20(24)11-10-14(12-23)22-21(25)27-13-19-17-8-4-2-6-15(17)16-7-3-5-9-18(16)19/h2-9,14,19,23H,10-13H2,1H3,(H,22,25). The fourth-order valence-electron chi connectivity index (χ4n) is 3.41. The number of methoxy groups -OCH3 is 1. The number of esters is 1. The van der Waals surface area contributed by atoms with Crippen molar-refractivity contribution in [3.63, 3.8) is 0 Å². The van der Waals surface area contributed by atoms with E-state index in [1.165, 1.54) is 7.11 Å². The number of aliphatic hydroxyl groups is 1. The van der Waals surface area contributed by atoms with Gasteiger partial charge in [-0.1, -0.05) is 48.5 Å².